The molecule has 1 aliphatic carbocycles. The molecule has 0 aliphatic heterocycles. The molecule has 1 N–H and O–H groups in total. The normalized spacial score (nSPS) is 16.1. The van der Waals surface area contributed by atoms with Gasteiger partial charge in [-0.3, -0.25) is 4.79 Å². The second-order valence-corrected chi connectivity index (χ2v) is 9.25. The largest absolute Gasteiger partial charge is 0.351 e. The predicted molar refractivity (Wildman–Crippen MR) is 102 cm³/mol. The molecule has 2 aromatic heterocycles. The van der Waals surface area contributed by atoms with Crippen molar-refractivity contribution in [1.82, 2.24) is 9.88 Å². The minimum Gasteiger partial charge on any atom is -0.351 e. The zero-order chi connectivity index (χ0) is 16.2. The van der Waals surface area contributed by atoms with Gasteiger partial charge in [0, 0.05) is 18.8 Å². The van der Waals surface area contributed by atoms with Gasteiger partial charge >= 0.3 is 0 Å². The maximum absolute atomic E-state index is 12.3. The average Bonchev–Trinajstić information content (AvgIpc) is 3.06. The van der Waals surface area contributed by atoms with E-state index < -0.39 is 0 Å². The number of rotatable bonds is 6. The lowest BCUT2D eigenvalue weighted by atomic mass is 10.0. The summed E-state index contributed by atoms with van der Waals surface area (Å²) in [5.41, 5.74) is 1.74. The number of aromatic nitrogens is 1. The Balaban J connectivity index is 1.43. The number of nitrogens with one attached hydrogen (secondary N) is 1. The molecule has 1 aliphatic rings. The second kappa shape index (κ2) is 7.95. The standard InChI is InChI=1S/C17H23ClN2OS2/c1-20-13-11-16(18)23-15(13)10-14(20)17(21)19-8-5-9-22-12-6-3-2-4-7-12/h10-12H,2-9H2,1H3,(H,19,21). The first-order chi connectivity index (χ1) is 11.1. The second-order valence-electron chi connectivity index (χ2n) is 6.13. The summed E-state index contributed by atoms with van der Waals surface area (Å²) >= 11 is 9.61. The number of fused-ring (bicyclic) bond motifs is 1. The Hall–Kier alpha value is -0.650. The van der Waals surface area contributed by atoms with Crippen LogP contribution in [-0.2, 0) is 7.05 Å². The lowest BCUT2D eigenvalue weighted by Gasteiger charge is -2.20. The third-order valence-corrected chi connectivity index (χ3v) is 7.11. The Bertz CT molecular complexity index is 673. The third kappa shape index (κ3) is 4.25. The van der Waals surface area contributed by atoms with Crippen LogP contribution in [0.4, 0.5) is 0 Å². The first-order valence-corrected chi connectivity index (χ1v) is 10.5. The van der Waals surface area contributed by atoms with Crippen LogP contribution in [0.5, 0.6) is 0 Å². The fourth-order valence-electron chi connectivity index (χ4n) is 3.15. The molecule has 0 radical (unpaired) electrons. The topological polar surface area (TPSA) is 34.0 Å². The van der Waals surface area contributed by atoms with E-state index in [2.05, 4.69) is 17.1 Å². The molecular formula is C17H23ClN2OS2. The lowest BCUT2D eigenvalue weighted by molar-refractivity contribution is 0.0946. The smallest absolute Gasteiger partial charge is 0.267 e. The molecule has 0 atom stereocenters. The van der Waals surface area contributed by atoms with Crippen molar-refractivity contribution in [3.8, 4) is 0 Å². The highest BCUT2D eigenvalue weighted by Gasteiger charge is 2.15. The van der Waals surface area contributed by atoms with Crippen molar-refractivity contribution in [2.45, 2.75) is 43.8 Å². The van der Waals surface area contributed by atoms with Crippen LogP contribution >= 0.6 is 34.7 Å². The summed E-state index contributed by atoms with van der Waals surface area (Å²) in [6.07, 6.45) is 7.98. The van der Waals surface area contributed by atoms with Gasteiger partial charge in [-0.2, -0.15) is 11.8 Å². The first-order valence-electron chi connectivity index (χ1n) is 8.29. The molecule has 3 rings (SSSR count). The van der Waals surface area contributed by atoms with Crippen molar-refractivity contribution in [3.05, 3.63) is 22.2 Å². The fraction of sp³-hybridized carbons (Fsp3) is 0.588. The van der Waals surface area contributed by atoms with E-state index in [-0.39, 0.29) is 5.91 Å². The number of halogens is 1. The number of thioether (sulfide) groups is 1. The lowest BCUT2D eigenvalue weighted by Crippen LogP contribution is -2.26. The Labute approximate surface area is 150 Å². The van der Waals surface area contributed by atoms with E-state index in [1.807, 2.05) is 23.7 Å². The van der Waals surface area contributed by atoms with Crippen molar-refractivity contribution in [1.29, 1.82) is 0 Å². The maximum Gasteiger partial charge on any atom is 0.267 e. The summed E-state index contributed by atoms with van der Waals surface area (Å²) in [6.45, 7) is 0.748. The molecule has 0 aromatic carbocycles. The van der Waals surface area contributed by atoms with E-state index >= 15 is 0 Å². The molecule has 1 fully saturated rings. The molecule has 6 heteroatoms. The van der Waals surface area contributed by atoms with E-state index in [1.54, 1.807) is 0 Å². The summed E-state index contributed by atoms with van der Waals surface area (Å²) < 4.78 is 3.75. The molecule has 0 unspecified atom stereocenters. The molecule has 1 amide bonds. The highest BCUT2D eigenvalue weighted by molar-refractivity contribution is 7.99. The summed E-state index contributed by atoms with van der Waals surface area (Å²) in [5, 5.41) is 3.89. The number of aryl methyl sites for hydroxylation is 1. The number of carbonyl (C=O) groups excluding carboxylic acids is 1. The number of amides is 1. The van der Waals surface area contributed by atoms with Gasteiger partial charge in [0.1, 0.15) is 5.69 Å². The van der Waals surface area contributed by atoms with Crippen molar-refractivity contribution in [3.63, 3.8) is 0 Å². The van der Waals surface area contributed by atoms with Crippen LogP contribution in [0.2, 0.25) is 4.34 Å². The van der Waals surface area contributed by atoms with Gasteiger partial charge in [-0.05, 0) is 37.1 Å². The highest BCUT2D eigenvalue weighted by atomic mass is 35.5. The zero-order valence-electron chi connectivity index (χ0n) is 13.4. The summed E-state index contributed by atoms with van der Waals surface area (Å²) in [7, 11) is 1.92. The fourth-order valence-corrected chi connectivity index (χ4v) is 5.66. The number of thiophene rings is 1. The van der Waals surface area contributed by atoms with Gasteiger partial charge < -0.3 is 9.88 Å². The van der Waals surface area contributed by atoms with Gasteiger partial charge in [-0.15, -0.1) is 11.3 Å². The molecule has 1 saturated carbocycles. The minimum absolute atomic E-state index is 0.00897. The van der Waals surface area contributed by atoms with Crippen LogP contribution in [0.15, 0.2) is 12.1 Å². The van der Waals surface area contributed by atoms with Crippen LogP contribution in [-0.4, -0.2) is 28.0 Å². The van der Waals surface area contributed by atoms with Gasteiger partial charge in [-0.1, -0.05) is 30.9 Å². The highest BCUT2D eigenvalue weighted by Crippen LogP contribution is 2.31. The number of nitrogens with zero attached hydrogens (tertiary/aromatic N) is 1. The quantitative estimate of drug-likeness (QED) is 0.719. The van der Waals surface area contributed by atoms with Crippen molar-refractivity contribution in [2.75, 3.05) is 12.3 Å². The van der Waals surface area contributed by atoms with Gasteiger partial charge in [0.05, 0.1) is 14.6 Å². The maximum atomic E-state index is 12.3. The Morgan fingerprint density at radius 2 is 2.17 bits per heavy atom. The molecule has 3 nitrogen and oxygen atoms in total. The Morgan fingerprint density at radius 1 is 1.39 bits per heavy atom. The van der Waals surface area contributed by atoms with E-state index in [9.17, 15) is 4.79 Å². The molecule has 0 saturated heterocycles. The number of hydrogen-bond donors (Lipinski definition) is 1. The molecule has 2 heterocycles. The third-order valence-electron chi connectivity index (χ3n) is 4.45. The van der Waals surface area contributed by atoms with Crippen LogP contribution in [0.3, 0.4) is 0 Å². The molecular weight excluding hydrogens is 348 g/mol. The van der Waals surface area contributed by atoms with Crippen LogP contribution in [0.25, 0.3) is 10.2 Å². The monoisotopic (exact) mass is 370 g/mol. The van der Waals surface area contributed by atoms with Gasteiger partial charge in [0.2, 0.25) is 0 Å². The van der Waals surface area contributed by atoms with Crippen molar-refractivity contribution < 1.29 is 4.79 Å². The van der Waals surface area contributed by atoms with Gasteiger partial charge in [0.15, 0.2) is 0 Å². The van der Waals surface area contributed by atoms with Crippen molar-refractivity contribution >= 4 is 50.8 Å². The van der Waals surface area contributed by atoms with Crippen LogP contribution in [0.1, 0.15) is 49.0 Å². The van der Waals surface area contributed by atoms with Crippen LogP contribution in [0, 0.1) is 0 Å². The summed E-state index contributed by atoms with van der Waals surface area (Å²) in [6, 6.07) is 3.84. The van der Waals surface area contributed by atoms with Gasteiger partial charge in [0.25, 0.3) is 5.91 Å². The average molecular weight is 371 g/mol. The molecule has 126 valence electrons. The molecule has 0 spiro atoms. The number of hydrogen-bond acceptors (Lipinski definition) is 3. The minimum atomic E-state index is 0.00897. The molecule has 2 aromatic rings. The van der Waals surface area contributed by atoms with Crippen LogP contribution < -0.4 is 5.32 Å². The SMILES string of the molecule is Cn1c(C(=O)NCCCSC2CCCCC2)cc2sc(Cl)cc21. The van der Waals surface area contributed by atoms with E-state index in [4.69, 9.17) is 11.6 Å². The Morgan fingerprint density at radius 3 is 2.91 bits per heavy atom. The summed E-state index contributed by atoms with van der Waals surface area (Å²) in [4.78, 5) is 12.3. The predicted octanol–water partition coefficient (Wildman–Crippen LogP) is 5.08. The Kier molecular flexibility index (Phi) is 5.94. The zero-order valence-corrected chi connectivity index (χ0v) is 15.8. The number of carbonyl (C=O) groups is 1. The summed E-state index contributed by atoms with van der Waals surface area (Å²) in [5.74, 6) is 1.15. The van der Waals surface area contributed by atoms with Crippen molar-refractivity contribution in [2.24, 2.45) is 7.05 Å². The van der Waals surface area contributed by atoms with E-state index in [1.165, 1.54) is 43.4 Å². The van der Waals surface area contributed by atoms with Gasteiger partial charge in [-0.25, -0.2) is 0 Å². The molecule has 0 bridgehead atoms. The van der Waals surface area contributed by atoms with E-state index in [0.29, 0.717) is 5.69 Å². The molecule has 23 heavy (non-hydrogen) atoms. The van der Waals surface area contributed by atoms with E-state index in [0.717, 1.165) is 38.5 Å². The first kappa shape index (κ1) is 17.2.